The molecule has 6 nitrogen and oxygen atoms in total. The Balaban J connectivity index is 1.66. The van der Waals surface area contributed by atoms with E-state index in [9.17, 15) is 9.59 Å². The lowest BCUT2D eigenvalue weighted by Gasteiger charge is -2.30. The van der Waals surface area contributed by atoms with Gasteiger partial charge < -0.3 is 14.2 Å². The Labute approximate surface area is 217 Å². The second-order valence-corrected chi connectivity index (χ2v) is 11.2. The fraction of sp³-hybridized carbons (Fsp3) is 0.440. The van der Waals surface area contributed by atoms with Crippen LogP contribution in [-0.4, -0.2) is 39.3 Å². The molecule has 1 amide bonds. The van der Waals surface area contributed by atoms with E-state index in [0.29, 0.717) is 19.6 Å². The van der Waals surface area contributed by atoms with Crippen LogP contribution in [0, 0.1) is 5.92 Å². The van der Waals surface area contributed by atoms with Crippen molar-refractivity contribution in [2.24, 2.45) is 5.92 Å². The first kappa shape index (κ1) is 26.0. The van der Waals surface area contributed by atoms with Crippen molar-refractivity contribution in [1.82, 2.24) is 4.90 Å². The van der Waals surface area contributed by atoms with Gasteiger partial charge >= 0.3 is 12.1 Å². The minimum absolute atomic E-state index is 0.0282. The van der Waals surface area contributed by atoms with Crippen LogP contribution in [0.25, 0.3) is 0 Å². The van der Waals surface area contributed by atoms with Crippen molar-refractivity contribution in [3.63, 3.8) is 0 Å². The minimum atomic E-state index is -0.718. The molecule has 1 aliphatic heterocycles. The average molecular weight is 630 g/mol. The number of alkyl halides is 1. The zero-order valence-corrected chi connectivity index (χ0v) is 22.7. The summed E-state index contributed by atoms with van der Waals surface area (Å²) in [6.45, 7) is 6.46. The predicted octanol–water partition coefficient (Wildman–Crippen LogP) is 6.10. The molecule has 3 rings (SSSR count). The van der Waals surface area contributed by atoms with Gasteiger partial charge in [0.1, 0.15) is 18.2 Å². The van der Waals surface area contributed by atoms with Crippen LogP contribution >= 0.6 is 38.5 Å². The van der Waals surface area contributed by atoms with Gasteiger partial charge in [-0.2, -0.15) is 0 Å². The maximum Gasteiger partial charge on any atom is 0.411 e. The molecule has 0 unspecified atom stereocenters. The zero-order valence-electron chi connectivity index (χ0n) is 19.0. The largest absolute Gasteiger partial charge is 0.459 e. The fourth-order valence-corrected chi connectivity index (χ4v) is 5.15. The maximum absolute atomic E-state index is 13.0. The average Bonchev–Trinajstić information content (AvgIpc) is 3.08. The number of likely N-dealkylation sites (tertiary alicyclic amines) is 1. The zero-order chi connectivity index (χ0) is 24.0. The number of nitrogens with zero attached hydrogens (tertiary/aromatic N) is 1. The normalized spacial score (nSPS) is 20.5. The molecule has 33 heavy (non-hydrogen) atoms. The summed E-state index contributed by atoms with van der Waals surface area (Å²) in [6, 6.07) is 16.7. The molecule has 0 aromatic heterocycles. The Kier molecular flexibility index (Phi) is 9.17. The Hall–Kier alpha value is -1.65. The van der Waals surface area contributed by atoms with Gasteiger partial charge in [0.2, 0.25) is 0 Å². The van der Waals surface area contributed by atoms with E-state index in [1.807, 2.05) is 75.4 Å². The Morgan fingerprint density at radius 2 is 1.76 bits per heavy atom. The van der Waals surface area contributed by atoms with Crippen LogP contribution in [0.3, 0.4) is 0 Å². The van der Waals surface area contributed by atoms with Gasteiger partial charge in [-0.1, -0.05) is 81.0 Å². The van der Waals surface area contributed by atoms with E-state index in [-0.39, 0.29) is 16.6 Å². The van der Waals surface area contributed by atoms with Crippen molar-refractivity contribution in [3.8, 4) is 0 Å². The number of hydrogen-bond donors (Lipinski definition) is 0. The first-order valence-corrected chi connectivity index (χ1v) is 12.9. The van der Waals surface area contributed by atoms with Crippen LogP contribution in [0.2, 0.25) is 0 Å². The van der Waals surface area contributed by atoms with Crippen LogP contribution in [0.5, 0.6) is 0 Å². The second kappa shape index (κ2) is 11.7. The molecule has 0 N–H and O–H groups in total. The molecule has 0 bridgehead atoms. The summed E-state index contributed by atoms with van der Waals surface area (Å²) in [5.41, 5.74) is 1.28. The lowest BCUT2D eigenvalue weighted by atomic mass is 10.1. The molecule has 0 radical (unpaired) electrons. The van der Waals surface area contributed by atoms with E-state index in [4.69, 9.17) is 14.2 Å². The molecule has 8 heteroatoms. The number of carbonyl (C=O) groups is 2. The third-order valence-electron chi connectivity index (χ3n) is 5.11. The smallest absolute Gasteiger partial charge is 0.411 e. The summed E-state index contributed by atoms with van der Waals surface area (Å²) in [7, 11) is 0. The first-order valence-electron chi connectivity index (χ1n) is 10.8. The molecule has 1 aliphatic rings. The summed E-state index contributed by atoms with van der Waals surface area (Å²) >= 11 is 5.67. The Morgan fingerprint density at radius 1 is 1.06 bits per heavy atom. The number of benzene rings is 2. The number of ether oxygens (including phenoxy) is 3. The van der Waals surface area contributed by atoms with Crippen LogP contribution in [0.15, 0.2) is 59.1 Å². The number of carbonyl (C=O) groups excluding carboxylic acids is 2. The van der Waals surface area contributed by atoms with Crippen molar-refractivity contribution >= 4 is 50.6 Å². The number of rotatable bonds is 7. The third-order valence-corrected chi connectivity index (χ3v) is 7.22. The van der Waals surface area contributed by atoms with Crippen molar-refractivity contribution in [2.45, 2.75) is 56.1 Å². The van der Waals surface area contributed by atoms with Gasteiger partial charge in [-0.25, -0.2) is 9.59 Å². The monoisotopic (exact) mass is 629 g/mol. The molecule has 1 heterocycles. The van der Waals surface area contributed by atoms with E-state index in [0.717, 1.165) is 15.6 Å². The highest BCUT2D eigenvalue weighted by Gasteiger charge is 2.48. The van der Waals surface area contributed by atoms with E-state index >= 15 is 0 Å². The van der Waals surface area contributed by atoms with Crippen LogP contribution < -0.4 is 0 Å². The third kappa shape index (κ3) is 7.68. The summed E-state index contributed by atoms with van der Waals surface area (Å²) in [6.07, 6.45) is -0.0584. The second-order valence-electron chi connectivity index (χ2n) is 9.01. The van der Waals surface area contributed by atoms with Crippen molar-refractivity contribution in [2.75, 3.05) is 6.61 Å². The predicted molar refractivity (Wildman–Crippen MR) is 138 cm³/mol. The van der Waals surface area contributed by atoms with Crippen LogP contribution in [0.1, 0.15) is 38.3 Å². The number of hydrogen-bond acceptors (Lipinski definition) is 5. The summed E-state index contributed by atoms with van der Waals surface area (Å²) in [5.74, 6) is -0.458. The molecule has 178 valence electrons. The minimum Gasteiger partial charge on any atom is -0.459 e. The summed E-state index contributed by atoms with van der Waals surface area (Å²) in [5, 5.41) is 0. The topological polar surface area (TPSA) is 65.1 Å². The van der Waals surface area contributed by atoms with Crippen molar-refractivity contribution in [1.29, 1.82) is 0 Å². The fourth-order valence-electron chi connectivity index (χ4n) is 3.59. The highest BCUT2D eigenvalue weighted by atomic mass is 127. The first-order chi connectivity index (χ1) is 15.6. The van der Waals surface area contributed by atoms with Gasteiger partial charge in [0, 0.05) is 10.4 Å². The van der Waals surface area contributed by atoms with Crippen molar-refractivity contribution < 1.29 is 23.8 Å². The maximum atomic E-state index is 13.0. The summed E-state index contributed by atoms with van der Waals surface area (Å²) in [4.78, 5) is 27.5. The standard InChI is InChI=1S/C25H29BrINO5/c1-25(2,3)33-24(30)28-21(23(29)32-15-17-8-5-4-6-9-17)13-19(22(28)27)16-31-14-18-10-7-11-20(26)12-18/h4-12,19,21-22H,13-16H2,1-3H3/t19-,21+,22+/m1/s1. The molecule has 2 aromatic rings. The van der Waals surface area contributed by atoms with Crippen molar-refractivity contribution in [3.05, 3.63) is 70.2 Å². The lowest BCUT2D eigenvalue weighted by molar-refractivity contribution is -0.150. The molecule has 3 atom stereocenters. The van der Waals surface area contributed by atoms with Crippen LogP contribution in [-0.2, 0) is 32.2 Å². The molecular weight excluding hydrogens is 601 g/mol. The van der Waals surface area contributed by atoms with Gasteiger partial charge in [-0.15, -0.1) is 0 Å². The molecule has 0 saturated carbocycles. The number of halogens is 2. The number of amides is 1. The van der Waals surface area contributed by atoms with E-state index in [2.05, 4.69) is 38.5 Å². The van der Waals surface area contributed by atoms with E-state index in [1.165, 1.54) is 4.90 Å². The SMILES string of the molecule is CC(C)(C)OC(=O)N1[C@H](I)[C@@H](COCc2cccc(Br)c2)C[C@H]1C(=O)OCc1ccccc1. The Morgan fingerprint density at radius 3 is 2.42 bits per heavy atom. The quantitative estimate of drug-likeness (QED) is 0.160. The molecule has 1 fully saturated rings. The number of esters is 1. The highest BCUT2D eigenvalue weighted by Crippen LogP contribution is 2.36. The van der Waals surface area contributed by atoms with E-state index in [1.54, 1.807) is 0 Å². The van der Waals surface area contributed by atoms with Gasteiger partial charge in [0.05, 0.1) is 17.3 Å². The Bertz CT molecular complexity index is 949. The van der Waals surface area contributed by atoms with Gasteiger partial charge in [-0.3, -0.25) is 4.90 Å². The molecule has 1 saturated heterocycles. The molecule has 2 aromatic carbocycles. The van der Waals surface area contributed by atoms with Gasteiger partial charge in [0.25, 0.3) is 0 Å². The van der Waals surface area contributed by atoms with Crippen LogP contribution in [0.4, 0.5) is 4.79 Å². The molecule has 0 aliphatic carbocycles. The van der Waals surface area contributed by atoms with E-state index < -0.39 is 23.7 Å². The molecular formula is C25H29BrINO5. The summed E-state index contributed by atoms with van der Waals surface area (Å²) < 4.78 is 17.9. The highest BCUT2D eigenvalue weighted by molar-refractivity contribution is 14.1. The molecule has 0 spiro atoms. The lowest BCUT2D eigenvalue weighted by Crippen LogP contribution is -2.46. The van der Waals surface area contributed by atoms with Gasteiger partial charge in [0.15, 0.2) is 0 Å². The van der Waals surface area contributed by atoms with Gasteiger partial charge in [-0.05, 0) is 50.5 Å².